The molecule has 0 unspecified atom stereocenters. The third-order valence-electron chi connectivity index (χ3n) is 2.71. The molecule has 2 rings (SSSR count). The van der Waals surface area contributed by atoms with Gasteiger partial charge in [0.15, 0.2) is 0 Å². The predicted molar refractivity (Wildman–Crippen MR) is 69.5 cm³/mol. The number of nitrogens with two attached hydrogens (primary N) is 1. The van der Waals surface area contributed by atoms with Crippen LogP contribution in [0.2, 0.25) is 0 Å². The van der Waals surface area contributed by atoms with Crippen molar-refractivity contribution >= 4 is 0 Å². The Morgan fingerprint density at radius 3 is 2.68 bits per heavy atom. The van der Waals surface area contributed by atoms with Gasteiger partial charge in [0.25, 0.3) is 0 Å². The van der Waals surface area contributed by atoms with E-state index in [1.54, 1.807) is 13.0 Å². The van der Waals surface area contributed by atoms with Crippen LogP contribution in [-0.2, 0) is 6.42 Å². The van der Waals surface area contributed by atoms with Gasteiger partial charge in [-0.25, -0.2) is 18.7 Å². The molecule has 1 heterocycles. The van der Waals surface area contributed by atoms with E-state index in [9.17, 15) is 8.78 Å². The zero-order valence-corrected chi connectivity index (χ0v) is 10.7. The van der Waals surface area contributed by atoms with Gasteiger partial charge in [-0.1, -0.05) is 0 Å². The molecule has 0 aliphatic rings. The maximum absolute atomic E-state index is 13.7. The summed E-state index contributed by atoms with van der Waals surface area (Å²) in [5.74, 6) is -0.385. The Labute approximate surface area is 110 Å². The first-order valence-electron chi connectivity index (χ1n) is 6.10. The third-order valence-corrected chi connectivity index (χ3v) is 2.71. The van der Waals surface area contributed by atoms with Crippen molar-refractivity contribution in [1.29, 1.82) is 0 Å². The molecule has 1 aromatic heterocycles. The van der Waals surface area contributed by atoms with Crippen LogP contribution in [0, 0.1) is 18.6 Å². The lowest BCUT2D eigenvalue weighted by molar-refractivity contribution is 0.602. The van der Waals surface area contributed by atoms with Crippen LogP contribution in [0.25, 0.3) is 11.3 Å². The molecule has 0 saturated carbocycles. The monoisotopic (exact) mass is 263 g/mol. The first-order chi connectivity index (χ1) is 9.10. The van der Waals surface area contributed by atoms with Crippen LogP contribution in [0.1, 0.15) is 17.9 Å². The molecule has 0 aliphatic heterocycles. The van der Waals surface area contributed by atoms with Crippen LogP contribution in [0.3, 0.4) is 0 Å². The fraction of sp³-hybridized carbons (Fsp3) is 0.286. The molecule has 0 bridgehead atoms. The van der Waals surface area contributed by atoms with Gasteiger partial charge in [0.2, 0.25) is 0 Å². The van der Waals surface area contributed by atoms with Gasteiger partial charge in [-0.3, -0.25) is 0 Å². The van der Waals surface area contributed by atoms with Gasteiger partial charge in [0.1, 0.15) is 17.5 Å². The molecule has 0 fully saturated rings. The topological polar surface area (TPSA) is 51.8 Å². The second-order valence-corrected chi connectivity index (χ2v) is 4.33. The highest BCUT2D eigenvalue weighted by Crippen LogP contribution is 2.22. The van der Waals surface area contributed by atoms with Crippen LogP contribution in [0.15, 0.2) is 24.3 Å². The first kappa shape index (κ1) is 13.5. The van der Waals surface area contributed by atoms with Crippen molar-refractivity contribution in [3.63, 3.8) is 0 Å². The molecule has 0 atom stereocenters. The van der Waals surface area contributed by atoms with Gasteiger partial charge >= 0.3 is 0 Å². The normalized spacial score (nSPS) is 10.7. The van der Waals surface area contributed by atoms with E-state index in [1.807, 2.05) is 0 Å². The summed E-state index contributed by atoms with van der Waals surface area (Å²) in [6, 6.07) is 4.97. The molecule has 3 nitrogen and oxygen atoms in total. The lowest BCUT2D eigenvalue weighted by atomic mass is 10.1. The summed E-state index contributed by atoms with van der Waals surface area (Å²) >= 11 is 0. The van der Waals surface area contributed by atoms with Crippen molar-refractivity contribution < 1.29 is 8.78 Å². The number of rotatable bonds is 4. The zero-order valence-electron chi connectivity index (χ0n) is 10.7. The quantitative estimate of drug-likeness (QED) is 0.922. The van der Waals surface area contributed by atoms with Gasteiger partial charge in [-0.05, 0) is 44.2 Å². The predicted octanol–water partition coefficient (Wildman–Crippen LogP) is 2.62. The van der Waals surface area contributed by atoms with Crippen molar-refractivity contribution in [2.75, 3.05) is 6.54 Å². The molecule has 2 aromatic rings. The third kappa shape index (κ3) is 3.32. The lowest BCUT2D eigenvalue weighted by Crippen LogP contribution is -2.05. The van der Waals surface area contributed by atoms with E-state index in [1.165, 1.54) is 0 Å². The Kier molecular flexibility index (Phi) is 4.16. The second-order valence-electron chi connectivity index (χ2n) is 4.33. The molecule has 0 amide bonds. The van der Waals surface area contributed by atoms with Crippen molar-refractivity contribution in [3.05, 3.63) is 47.4 Å². The SMILES string of the molecule is Cc1cc(-c2cc(F)ccc2F)nc(CCCN)n1. The van der Waals surface area contributed by atoms with Crippen LogP contribution in [0.4, 0.5) is 8.78 Å². The maximum atomic E-state index is 13.7. The van der Waals surface area contributed by atoms with Crippen LogP contribution < -0.4 is 5.73 Å². The standard InChI is InChI=1S/C14H15F2N3/c1-9-7-13(19-14(18-9)3-2-6-17)11-8-10(15)4-5-12(11)16/h4-5,7-8H,2-3,6,17H2,1H3. The number of hydrogen-bond donors (Lipinski definition) is 1. The van der Waals surface area contributed by atoms with E-state index in [4.69, 9.17) is 5.73 Å². The Morgan fingerprint density at radius 2 is 1.95 bits per heavy atom. The summed E-state index contributed by atoms with van der Waals surface area (Å²) in [6.45, 7) is 2.34. The molecule has 19 heavy (non-hydrogen) atoms. The zero-order chi connectivity index (χ0) is 13.8. The highest BCUT2D eigenvalue weighted by atomic mass is 19.1. The molecular weight excluding hydrogens is 248 g/mol. The van der Waals surface area contributed by atoms with E-state index in [-0.39, 0.29) is 5.56 Å². The summed E-state index contributed by atoms with van der Waals surface area (Å²) in [5, 5.41) is 0. The summed E-state index contributed by atoms with van der Waals surface area (Å²) in [5.41, 5.74) is 6.72. The molecule has 5 heteroatoms. The minimum absolute atomic E-state index is 0.152. The fourth-order valence-electron chi connectivity index (χ4n) is 1.83. The second kappa shape index (κ2) is 5.84. The maximum Gasteiger partial charge on any atom is 0.132 e. The van der Waals surface area contributed by atoms with E-state index in [0.29, 0.717) is 24.5 Å². The number of benzene rings is 1. The van der Waals surface area contributed by atoms with Crippen LogP contribution >= 0.6 is 0 Å². The number of halogens is 2. The molecule has 0 saturated heterocycles. The summed E-state index contributed by atoms with van der Waals surface area (Å²) in [4.78, 5) is 8.54. The Bertz CT molecular complexity index is 585. The fourth-order valence-corrected chi connectivity index (χ4v) is 1.83. The molecule has 1 aromatic carbocycles. The number of aryl methyl sites for hydroxylation is 2. The molecule has 100 valence electrons. The van der Waals surface area contributed by atoms with Crippen molar-refractivity contribution in [3.8, 4) is 11.3 Å². The largest absolute Gasteiger partial charge is 0.330 e. The van der Waals surface area contributed by atoms with Crippen molar-refractivity contribution in [2.45, 2.75) is 19.8 Å². The van der Waals surface area contributed by atoms with Gasteiger partial charge in [0.05, 0.1) is 5.69 Å². The summed E-state index contributed by atoms with van der Waals surface area (Å²) < 4.78 is 26.9. The molecular formula is C14H15F2N3. The number of aromatic nitrogens is 2. The molecule has 0 spiro atoms. The summed E-state index contributed by atoms with van der Waals surface area (Å²) in [7, 11) is 0. The molecule has 0 aliphatic carbocycles. The Morgan fingerprint density at radius 1 is 1.16 bits per heavy atom. The minimum Gasteiger partial charge on any atom is -0.330 e. The van der Waals surface area contributed by atoms with Crippen LogP contribution in [0.5, 0.6) is 0 Å². The number of hydrogen-bond acceptors (Lipinski definition) is 3. The van der Waals surface area contributed by atoms with E-state index >= 15 is 0 Å². The van der Waals surface area contributed by atoms with E-state index in [2.05, 4.69) is 9.97 Å². The summed E-state index contributed by atoms with van der Waals surface area (Å²) in [6.07, 6.45) is 1.39. The Hall–Kier alpha value is -1.88. The van der Waals surface area contributed by atoms with Crippen molar-refractivity contribution in [1.82, 2.24) is 9.97 Å². The van der Waals surface area contributed by atoms with Gasteiger partial charge < -0.3 is 5.73 Å². The van der Waals surface area contributed by atoms with Gasteiger partial charge in [-0.15, -0.1) is 0 Å². The average Bonchev–Trinajstić information content (AvgIpc) is 2.38. The average molecular weight is 263 g/mol. The molecule has 0 radical (unpaired) electrons. The van der Waals surface area contributed by atoms with Crippen LogP contribution in [-0.4, -0.2) is 16.5 Å². The number of nitrogens with zero attached hydrogens (tertiary/aromatic N) is 2. The Balaban J connectivity index is 2.43. The first-order valence-corrected chi connectivity index (χ1v) is 6.10. The highest BCUT2D eigenvalue weighted by molar-refractivity contribution is 5.60. The minimum atomic E-state index is -0.496. The lowest BCUT2D eigenvalue weighted by Gasteiger charge is -2.07. The van der Waals surface area contributed by atoms with E-state index in [0.717, 1.165) is 30.3 Å². The van der Waals surface area contributed by atoms with Crippen molar-refractivity contribution in [2.24, 2.45) is 5.73 Å². The van der Waals surface area contributed by atoms with Gasteiger partial charge in [-0.2, -0.15) is 0 Å². The highest BCUT2D eigenvalue weighted by Gasteiger charge is 2.10. The van der Waals surface area contributed by atoms with Gasteiger partial charge in [0, 0.05) is 17.7 Å². The van der Waals surface area contributed by atoms with E-state index < -0.39 is 11.6 Å². The molecule has 2 N–H and O–H groups in total. The smallest absolute Gasteiger partial charge is 0.132 e.